The zero-order valence-corrected chi connectivity index (χ0v) is 29.6. The largest absolute Gasteiger partial charge is 0.685 e. The van der Waals surface area contributed by atoms with Gasteiger partial charge in [0.2, 0.25) is 0 Å². The normalized spacial score (nSPS) is 18.7. The van der Waals surface area contributed by atoms with E-state index in [-0.39, 0.29) is 25.5 Å². The van der Waals surface area contributed by atoms with Crippen molar-refractivity contribution < 1.29 is 20.1 Å². The van der Waals surface area contributed by atoms with Crippen LogP contribution in [-0.2, 0) is 25.5 Å². The molecule has 2 fully saturated rings. The molecule has 2 saturated carbocycles. The van der Waals surface area contributed by atoms with Gasteiger partial charge in [0.25, 0.3) is 0 Å². The average Bonchev–Trinajstić information content (AvgIpc) is 3.00. The molecule has 44 heavy (non-hydrogen) atoms. The fourth-order valence-electron chi connectivity index (χ4n) is 7.70. The van der Waals surface area contributed by atoms with E-state index in [0.29, 0.717) is 12.1 Å². The Bertz CT molecular complexity index is 1670. The van der Waals surface area contributed by atoms with Gasteiger partial charge >= 0.3 is 0 Å². The number of nitrogens with zero attached hydrogens (tertiary/aromatic N) is 3. The molecule has 4 aromatic rings. The summed E-state index contributed by atoms with van der Waals surface area (Å²) in [5.41, 5.74) is 8.51. The Hall–Kier alpha value is -2.81. The molecule has 4 heteroatoms. The minimum Gasteiger partial charge on any atom is -0.685 e. The van der Waals surface area contributed by atoms with Crippen molar-refractivity contribution in [3.63, 3.8) is 0 Å². The van der Waals surface area contributed by atoms with Gasteiger partial charge in [-0.15, -0.1) is 29.3 Å². The van der Waals surface area contributed by atoms with Crippen molar-refractivity contribution in [1.29, 1.82) is 0 Å². The molecular weight excluding hydrogens is 715 g/mol. The van der Waals surface area contributed by atoms with Crippen molar-refractivity contribution in [3.05, 3.63) is 94.6 Å². The topological polar surface area (TPSA) is 39.4 Å². The first kappa shape index (κ1) is 32.6. The molecule has 0 spiro atoms. The summed E-state index contributed by atoms with van der Waals surface area (Å²) in [5.74, 6) is 0. The van der Waals surface area contributed by atoms with Gasteiger partial charge in [0.15, 0.2) is 0 Å². The van der Waals surface area contributed by atoms with E-state index >= 15 is 0 Å². The van der Waals surface area contributed by atoms with E-state index in [1.54, 1.807) is 0 Å². The van der Waals surface area contributed by atoms with Gasteiger partial charge < -0.3 is 10.3 Å². The number of hydrogen-bond acceptors (Lipinski definition) is 2. The Morgan fingerprint density at radius 3 is 2.39 bits per heavy atom. The summed E-state index contributed by atoms with van der Waals surface area (Å²) in [6.45, 7) is 11.1. The van der Waals surface area contributed by atoms with Crippen molar-refractivity contribution in [2.24, 2.45) is 4.99 Å². The predicted octanol–water partition coefficient (Wildman–Crippen LogP) is 11.2. The van der Waals surface area contributed by atoms with Crippen molar-refractivity contribution in [2.45, 2.75) is 116 Å². The van der Waals surface area contributed by atoms with Gasteiger partial charge in [-0.05, 0) is 60.2 Å². The molecule has 0 bridgehead atoms. The summed E-state index contributed by atoms with van der Waals surface area (Å²) in [7, 11) is 0. The fraction of sp³-hybridized carbons (Fsp3) is 0.450. The van der Waals surface area contributed by atoms with Crippen LogP contribution >= 0.6 is 0 Å². The molecule has 1 heterocycles. The number of benzene rings is 3. The van der Waals surface area contributed by atoms with Gasteiger partial charge in [0.1, 0.15) is 0 Å². The monoisotopic (exact) mass is 762 g/mol. The third-order valence-electron chi connectivity index (χ3n) is 9.73. The zero-order valence-electron chi connectivity index (χ0n) is 27.2. The SMILES string of the molecule is CC(/C=C(/C)[N-]C1CCCCC1)=NC1CCCCC1.Cc1cc2c3c(nccc3c1)-c1[c-]cc3ccccc3c1C2(C)C.[Ir]. The van der Waals surface area contributed by atoms with E-state index in [4.69, 9.17) is 15.3 Å². The molecule has 0 atom stereocenters. The Morgan fingerprint density at radius 2 is 1.64 bits per heavy atom. The van der Waals surface area contributed by atoms with Crippen molar-refractivity contribution in [2.75, 3.05) is 0 Å². The van der Waals surface area contributed by atoms with Gasteiger partial charge in [0, 0.05) is 32.0 Å². The van der Waals surface area contributed by atoms with Crippen LogP contribution in [0.15, 0.2) is 71.5 Å². The first-order valence-electron chi connectivity index (χ1n) is 16.6. The summed E-state index contributed by atoms with van der Waals surface area (Å²) in [4.78, 5) is 9.60. The van der Waals surface area contributed by atoms with E-state index in [1.165, 1.54) is 114 Å². The minimum absolute atomic E-state index is 0. The molecule has 3 nitrogen and oxygen atoms in total. The van der Waals surface area contributed by atoms with Crippen molar-refractivity contribution in [1.82, 2.24) is 4.98 Å². The number of aliphatic imine (C=N–C) groups is 1. The number of aryl methyl sites for hydroxylation is 1. The second-order valence-electron chi connectivity index (χ2n) is 13.6. The standard InChI is InChI=1S/C23H18N.C17H29N2.Ir/c1-14-12-16-10-11-24-22-18-9-8-15-6-4-5-7-17(15)21(18)23(2,3)19(13-14)20(16)22;1-14(18-16-9-5-3-6-10-16)13-15(2)19-17-11-7-4-8-12-17;/h4-8,10-13H,1-3H3;13,16-17H,3-12H2,1-2H3;/q2*-1;/b;14-13-,19-15?;. The Kier molecular flexibility index (Phi) is 10.4. The first-order valence-corrected chi connectivity index (χ1v) is 16.6. The third-order valence-corrected chi connectivity index (χ3v) is 9.73. The summed E-state index contributed by atoms with van der Waals surface area (Å²) in [6.07, 6.45) is 17.5. The van der Waals surface area contributed by atoms with E-state index in [1.807, 2.05) is 6.20 Å². The van der Waals surface area contributed by atoms with E-state index in [0.717, 1.165) is 11.3 Å². The van der Waals surface area contributed by atoms with Crippen LogP contribution in [0.3, 0.4) is 0 Å². The van der Waals surface area contributed by atoms with Gasteiger partial charge in [-0.3, -0.25) is 4.99 Å². The molecule has 0 unspecified atom stereocenters. The molecule has 7 rings (SSSR count). The maximum atomic E-state index is 4.85. The number of allylic oxidation sites excluding steroid dienone is 2. The number of hydrogen-bond donors (Lipinski definition) is 0. The van der Waals surface area contributed by atoms with Crippen LogP contribution in [0.2, 0.25) is 0 Å². The molecule has 0 N–H and O–H groups in total. The molecule has 1 radical (unpaired) electrons. The molecule has 3 aromatic carbocycles. The van der Waals surface area contributed by atoms with Crippen LogP contribution in [0.5, 0.6) is 0 Å². The predicted molar refractivity (Wildman–Crippen MR) is 184 cm³/mol. The van der Waals surface area contributed by atoms with Gasteiger partial charge in [0.05, 0.1) is 6.04 Å². The smallest absolute Gasteiger partial charge is 0.0502 e. The molecule has 0 saturated heterocycles. The minimum atomic E-state index is -0.0764. The van der Waals surface area contributed by atoms with Crippen molar-refractivity contribution >= 4 is 27.3 Å². The van der Waals surface area contributed by atoms with Gasteiger partial charge in [-0.25, -0.2) is 0 Å². The summed E-state index contributed by atoms with van der Waals surface area (Å²) in [6, 6.07) is 22.1. The maximum absolute atomic E-state index is 4.85. The number of fused-ring (bicyclic) bond motifs is 4. The summed E-state index contributed by atoms with van der Waals surface area (Å²) >= 11 is 0. The molecule has 3 aliphatic carbocycles. The average molecular weight is 762 g/mol. The van der Waals surface area contributed by atoms with Crippen LogP contribution in [0.4, 0.5) is 0 Å². The molecule has 233 valence electrons. The van der Waals surface area contributed by atoms with Crippen LogP contribution in [-0.4, -0.2) is 22.8 Å². The van der Waals surface area contributed by atoms with Crippen LogP contribution < -0.4 is 0 Å². The zero-order chi connectivity index (χ0) is 30.0. The maximum Gasteiger partial charge on any atom is 0.0502 e. The van der Waals surface area contributed by atoms with E-state index in [2.05, 4.69) is 95.3 Å². The Labute approximate surface area is 278 Å². The van der Waals surface area contributed by atoms with Crippen LogP contribution in [0.25, 0.3) is 38.1 Å². The summed E-state index contributed by atoms with van der Waals surface area (Å²) < 4.78 is 0. The first-order chi connectivity index (χ1) is 20.8. The third kappa shape index (κ3) is 6.87. The molecule has 0 aliphatic heterocycles. The quantitative estimate of drug-likeness (QED) is 0.151. The molecular formula is C40H47IrN3-2. The second kappa shape index (κ2) is 14.1. The number of pyridine rings is 1. The molecule has 0 amide bonds. The molecule has 3 aliphatic rings. The Balaban J connectivity index is 0.000000176. The summed E-state index contributed by atoms with van der Waals surface area (Å²) in [5, 5.41) is 9.96. The van der Waals surface area contributed by atoms with Crippen LogP contribution in [0.1, 0.15) is 109 Å². The van der Waals surface area contributed by atoms with E-state index < -0.39 is 0 Å². The van der Waals surface area contributed by atoms with Gasteiger partial charge in [-0.2, -0.15) is 5.70 Å². The van der Waals surface area contributed by atoms with Gasteiger partial charge in [-0.1, -0.05) is 131 Å². The Morgan fingerprint density at radius 1 is 0.932 bits per heavy atom. The fourth-order valence-corrected chi connectivity index (χ4v) is 7.70. The van der Waals surface area contributed by atoms with E-state index in [9.17, 15) is 0 Å². The number of aromatic nitrogens is 1. The van der Waals surface area contributed by atoms with Crippen molar-refractivity contribution in [3.8, 4) is 11.3 Å². The number of rotatable bonds is 4. The second-order valence-corrected chi connectivity index (χ2v) is 13.6. The van der Waals surface area contributed by atoms with Crippen LogP contribution in [0, 0.1) is 13.0 Å². The molecule has 1 aromatic heterocycles.